The molecule has 0 bridgehead atoms. The molecule has 0 radical (unpaired) electrons. The van der Waals surface area contributed by atoms with Gasteiger partial charge in [0.05, 0.1) is 0 Å². The van der Waals surface area contributed by atoms with Crippen molar-refractivity contribution >= 4 is 6.21 Å². The molecule has 0 saturated carbocycles. The van der Waals surface area contributed by atoms with Crippen LogP contribution in [0.4, 0.5) is 0 Å². The molecule has 1 nitrogen and oxygen atoms in total. The summed E-state index contributed by atoms with van der Waals surface area (Å²) in [7, 11) is 0. The molecule has 1 unspecified atom stereocenters. The zero-order chi connectivity index (χ0) is 6.78. The third kappa shape index (κ3) is 2.10. The molecule has 8 heavy (non-hydrogen) atoms. The molecule has 0 aromatic carbocycles. The lowest BCUT2D eigenvalue weighted by atomic mass is 9.83. The molecule has 0 aliphatic carbocycles. The van der Waals surface area contributed by atoms with E-state index < -0.39 is 0 Å². The van der Waals surface area contributed by atoms with Gasteiger partial charge in [0, 0.05) is 0 Å². The quantitative estimate of drug-likeness (QED) is 0.504. The van der Waals surface area contributed by atoms with E-state index >= 15 is 0 Å². The summed E-state index contributed by atoms with van der Waals surface area (Å²) in [6.07, 6.45) is 1.50. The van der Waals surface area contributed by atoms with Crippen molar-refractivity contribution < 1.29 is 0 Å². The van der Waals surface area contributed by atoms with Crippen LogP contribution in [0.25, 0.3) is 0 Å². The smallest absolute Gasteiger partial charge is 0.00143 e. The van der Waals surface area contributed by atoms with Gasteiger partial charge in [-0.25, -0.2) is 0 Å². The summed E-state index contributed by atoms with van der Waals surface area (Å²) in [6, 6.07) is 0. The van der Waals surface area contributed by atoms with Gasteiger partial charge >= 0.3 is 0 Å². The predicted molar refractivity (Wildman–Crippen MR) is 37.4 cm³/mol. The largest absolute Gasteiger partial charge is 0.313 e. The highest BCUT2D eigenvalue weighted by atomic mass is 14.4. The summed E-state index contributed by atoms with van der Waals surface area (Å²) in [6.45, 7) is 8.49. The van der Waals surface area contributed by atoms with Crippen LogP contribution in [0.15, 0.2) is 0 Å². The maximum atomic E-state index is 6.94. The van der Waals surface area contributed by atoms with E-state index in [1.54, 1.807) is 0 Å². The Morgan fingerprint density at radius 2 is 1.75 bits per heavy atom. The zero-order valence-corrected chi connectivity index (χ0v) is 6.15. The summed E-state index contributed by atoms with van der Waals surface area (Å²) < 4.78 is 0. The van der Waals surface area contributed by atoms with Gasteiger partial charge in [0.2, 0.25) is 0 Å². The summed E-state index contributed by atoms with van der Waals surface area (Å²) in [5, 5.41) is 6.94. The fourth-order valence-corrected chi connectivity index (χ4v) is 0.250. The molecule has 0 heterocycles. The van der Waals surface area contributed by atoms with E-state index in [4.69, 9.17) is 5.41 Å². The molecule has 0 aromatic heterocycles. The molecule has 0 fully saturated rings. The SMILES string of the molecule is CC(C=N)C(C)(C)C. The molecule has 1 heteroatoms. The summed E-state index contributed by atoms with van der Waals surface area (Å²) in [5.74, 6) is 0.391. The van der Waals surface area contributed by atoms with E-state index in [0.29, 0.717) is 5.92 Å². The van der Waals surface area contributed by atoms with Crippen LogP contribution in [0.5, 0.6) is 0 Å². The van der Waals surface area contributed by atoms with Gasteiger partial charge < -0.3 is 5.41 Å². The second-order valence-electron chi connectivity index (χ2n) is 3.32. The highest BCUT2D eigenvalue weighted by Gasteiger charge is 2.16. The summed E-state index contributed by atoms with van der Waals surface area (Å²) >= 11 is 0. The Labute approximate surface area is 51.6 Å². The van der Waals surface area contributed by atoms with Gasteiger partial charge in [0.15, 0.2) is 0 Å². The second kappa shape index (κ2) is 2.29. The van der Waals surface area contributed by atoms with Gasteiger partial charge in [-0.15, -0.1) is 0 Å². The van der Waals surface area contributed by atoms with Crippen LogP contribution in [0, 0.1) is 16.7 Å². The number of hydrogen-bond donors (Lipinski definition) is 1. The Kier molecular flexibility index (Phi) is 2.20. The van der Waals surface area contributed by atoms with Gasteiger partial charge in [-0.2, -0.15) is 0 Å². The first-order valence-corrected chi connectivity index (χ1v) is 2.99. The number of hydrogen-bond acceptors (Lipinski definition) is 1. The third-order valence-corrected chi connectivity index (χ3v) is 1.62. The monoisotopic (exact) mass is 113 g/mol. The molecule has 1 N–H and O–H groups in total. The van der Waals surface area contributed by atoms with Crippen LogP contribution in [0.3, 0.4) is 0 Å². The normalized spacial score (nSPS) is 15.5. The molecule has 0 aromatic rings. The molecule has 0 amide bonds. The molecular formula is C7H15N. The maximum absolute atomic E-state index is 6.94. The minimum absolute atomic E-state index is 0.266. The Hall–Kier alpha value is -0.330. The lowest BCUT2D eigenvalue weighted by Gasteiger charge is -2.22. The van der Waals surface area contributed by atoms with Crippen molar-refractivity contribution in [2.45, 2.75) is 27.7 Å². The first kappa shape index (κ1) is 7.67. The molecule has 0 aliphatic heterocycles. The Bertz CT molecular complexity index is 78.9. The van der Waals surface area contributed by atoms with Crippen LogP contribution in [-0.2, 0) is 0 Å². The van der Waals surface area contributed by atoms with Crippen LogP contribution in [-0.4, -0.2) is 6.21 Å². The second-order valence-corrected chi connectivity index (χ2v) is 3.32. The fraction of sp³-hybridized carbons (Fsp3) is 0.857. The number of nitrogens with one attached hydrogen (secondary N) is 1. The van der Waals surface area contributed by atoms with Gasteiger partial charge in [0.1, 0.15) is 0 Å². The highest BCUT2D eigenvalue weighted by Crippen LogP contribution is 2.22. The average Bonchev–Trinajstić information content (AvgIpc) is 1.62. The van der Waals surface area contributed by atoms with Gasteiger partial charge in [-0.05, 0) is 17.5 Å². The van der Waals surface area contributed by atoms with Crippen molar-refractivity contribution in [3.8, 4) is 0 Å². The van der Waals surface area contributed by atoms with E-state index in [2.05, 4.69) is 27.7 Å². The molecule has 1 atom stereocenters. The van der Waals surface area contributed by atoms with Crippen molar-refractivity contribution in [1.82, 2.24) is 0 Å². The van der Waals surface area contributed by atoms with Crippen molar-refractivity contribution in [3.63, 3.8) is 0 Å². The first-order chi connectivity index (χ1) is 3.48. The zero-order valence-electron chi connectivity index (χ0n) is 6.15. The lowest BCUT2D eigenvalue weighted by Crippen LogP contribution is -2.17. The first-order valence-electron chi connectivity index (χ1n) is 2.99. The van der Waals surface area contributed by atoms with Gasteiger partial charge in [-0.1, -0.05) is 27.7 Å². The molecule has 0 aliphatic rings. The summed E-state index contributed by atoms with van der Waals surface area (Å²) in [5.41, 5.74) is 0.266. The van der Waals surface area contributed by atoms with Gasteiger partial charge in [-0.3, -0.25) is 0 Å². The van der Waals surface area contributed by atoms with E-state index in [0.717, 1.165) is 0 Å². The van der Waals surface area contributed by atoms with E-state index in [-0.39, 0.29) is 5.41 Å². The molecular weight excluding hydrogens is 98.1 g/mol. The Morgan fingerprint density at radius 3 is 1.75 bits per heavy atom. The minimum Gasteiger partial charge on any atom is -0.313 e. The molecule has 48 valence electrons. The van der Waals surface area contributed by atoms with E-state index in [1.165, 1.54) is 6.21 Å². The van der Waals surface area contributed by atoms with Crippen molar-refractivity contribution in [1.29, 1.82) is 5.41 Å². The standard InChI is InChI=1S/C7H15N/c1-6(5-8)7(2,3)4/h5-6,8H,1-4H3. The Balaban J connectivity index is 3.80. The average molecular weight is 113 g/mol. The molecule has 0 rings (SSSR count). The fourth-order valence-electron chi connectivity index (χ4n) is 0.250. The molecule has 0 saturated heterocycles. The van der Waals surface area contributed by atoms with Crippen LogP contribution < -0.4 is 0 Å². The van der Waals surface area contributed by atoms with E-state index in [9.17, 15) is 0 Å². The predicted octanol–water partition coefficient (Wildman–Crippen LogP) is 2.32. The van der Waals surface area contributed by atoms with Crippen LogP contribution in [0.1, 0.15) is 27.7 Å². The van der Waals surface area contributed by atoms with Crippen molar-refractivity contribution in [2.75, 3.05) is 0 Å². The van der Waals surface area contributed by atoms with Crippen molar-refractivity contribution in [3.05, 3.63) is 0 Å². The molecule has 0 spiro atoms. The van der Waals surface area contributed by atoms with E-state index in [1.807, 2.05) is 0 Å². The van der Waals surface area contributed by atoms with Crippen LogP contribution >= 0.6 is 0 Å². The Morgan fingerprint density at radius 1 is 1.38 bits per heavy atom. The summed E-state index contributed by atoms with van der Waals surface area (Å²) in [4.78, 5) is 0. The van der Waals surface area contributed by atoms with Crippen LogP contribution in [0.2, 0.25) is 0 Å². The lowest BCUT2D eigenvalue weighted by molar-refractivity contribution is 0.338. The third-order valence-electron chi connectivity index (χ3n) is 1.62. The topological polar surface area (TPSA) is 23.9 Å². The number of rotatable bonds is 1. The maximum Gasteiger partial charge on any atom is -0.00143 e. The van der Waals surface area contributed by atoms with Crippen molar-refractivity contribution in [2.24, 2.45) is 11.3 Å². The van der Waals surface area contributed by atoms with Gasteiger partial charge in [0.25, 0.3) is 0 Å². The minimum atomic E-state index is 0.266. The highest BCUT2D eigenvalue weighted by molar-refractivity contribution is 5.57.